The zero-order chi connectivity index (χ0) is 24.1. The van der Waals surface area contributed by atoms with Gasteiger partial charge in [-0.1, -0.05) is 30.3 Å². The Morgan fingerprint density at radius 1 is 0.970 bits per heavy atom. The van der Waals surface area contributed by atoms with Crippen molar-refractivity contribution in [2.45, 2.75) is 32.9 Å². The molecule has 0 aliphatic heterocycles. The number of carboxylic acid groups (broad SMARTS) is 1. The van der Waals surface area contributed by atoms with Crippen molar-refractivity contribution >= 4 is 17.8 Å². The van der Waals surface area contributed by atoms with Gasteiger partial charge >= 0.3 is 5.97 Å². The van der Waals surface area contributed by atoms with E-state index in [0.29, 0.717) is 11.1 Å². The van der Waals surface area contributed by atoms with E-state index in [9.17, 15) is 19.5 Å². The molecular weight excluding hydrogens is 422 g/mol. The summed E-state index contributed by atoms with van der Waals surface area (Å²) in [5.41, 5.74) is 3.33. The molecule has 2 atom stereocenters. The first-order chi connectivity index (χ1) is 15.7. The smallest absolute Gasteiger partial charge is 0.330 e. The minimum atomic E-state index is -1.21. The molecule has 1 heterocycles. The van der Waals surface area contributed by atoms with Crippen LogP contribution in [0.2, 0.25) is 0 Å². The molecule has 0 aliphatic carbocycles. The zero-order valence-electron chi connectivity index (χ0n) is 19.0. The highest BCUT2D eigenvalue weighted by Crippen LogP contribution is 2.23. The Bertz CT molecular complexity index is 1150. The molecule has 8 heteroatoms. The monoisotopic (exact) mass is 449 g/mol. The Kier molecular flexibility index (Phi) is 7.17. The number of nitrogens with zero attached hydrogens (tertiary/aromatic N) is 1. The van der Waals surface area contributed by atoms with E-state index in [0.717, 1.165) is 22.8 Å². The molecule has 0 spiro atoms. The Morgan fingerprint density at radius 2 is 1.61 bits per heavy atom. The number of carboxylic acids is 1. The van der Waals surface area contributed by atoms with E-state index in [1.165, 1.54) is 6.92 Å². The number of rotatable bonds is 8. The standard InChI is InChI=1S/C25H27N3O5/c1-15-14-21(17(3)28(15)19-10-12-20(33-4)13-11-19)24(30)26-16(2)23(29)27-22(25(31)32)18-8-6-5-7-9-18/h5-14,16,22H,1-4H3,(H,26,30)(H,27,29)(H,31,32). The van der Waals surface area contributed by atoms with Crippen LogP contribution in [0.4, 0.5) is 0 Å². The van der Waals surface area contributed by atoms with Crippen LogP contribution in [-0.4, -0.2) is 40.6 Å². The highest BCUT2D eigenvalue weighted by Gasteiger charge is 2.26. The van der Waals surface area contributed by atoms with Crippen molar-refractivity contribution in [3.63, 3.8) is 0 Å². The molecule has 2 unspecified atom stereocenters. The van der Waals surface area contributed by atoms with Crippen LogP contribution in [-0.2, 0) is 9.59 Å². The molecule has 0 saturated heterocycles. The molecule has 8 nitrogen and oxygen atoms in total. The van der Waals surface area contributed by atoms with E-state index in [1.54, 1.807) is 43.5 Å². The van der Waals surface area contributed by atoms with E-state index in [2.05, 4.69) is 10.6 Å². The normalized spacial score (nSPS) is 12.5. The van der Waals surface area contributed by atoms with Crippen molar-refractivity contribution in [2.24, 2.45) is 0 Å². The van der Waals surface area contributed by atoms with Gasteiger partial charge < -0.3 is 25.0 Å². The lowest BCUT2D eigenvalue weighted by Crippen LogP contribution is -2.47. The van der Waals surface area contributed by atoms with Gasteiger partial charge in [-0.25, -0.2) is 4.79 Å². The van der Waals surface area contributed by atoms with Crippen LogP contribution in [0.3, 0.4) is 0 Å². The third kappa shape index (κ3) is 5.23. The molecular formula is C25H27N3O5. The number of aromatic nitrogens is 1. The summed E-state index contributed by atoms with van der Waals surface area (Å²) in [7, 11) is 1.60. The average Bonchev–Trinajstić information content (AvgIpc) is 3.11. The van der Waals surface area contributed by atoms with Crippen LogP contribution in [0.25, 0.3) is 5.69 Å². The molecule has 0 bridgehead atoms. The SMILES string of the molecule is COc1ccc(-n2c(C)cc(C(=O)NC(C)C(=O)NC(C(=O)O)c3ccccc3)c2C)cc1. The minimum Gasteiger partial charge on any atom is -0.497 e. The Hall–Kier alpha value is -4.07. The van der Waals surface area contributed by atoms with Crippen molar-refractivity contribution in [3.05, 3.63) is 83.2 Å². The van der Waals surface area contributed by atoms with Crippen molar-refractivity contribution < 1.29 is 24.2 Å². The molecule has 3 aromatic rings. The van der Waals surface area contributed by atoms with Gasteiger partial charge in [0.2, 0.25) is 5.91 Å². The molecule has 0 saturated carbocycles. The van der Waals surface area contributed by atoms with Gasteiger partial charge in [-0.05, 0) is 56.7 Å². The number of aliphatic carboxylic acids is 1. The van der Waals surface area contributed by atoms with Gasteiger partial charge in [0.25, 0.3) is 5.91 Å². The summed E-state index contributed by atoms with van der Waals surface area (Å²) in [6.07, 6.45) is 0. The lowest BCUT2D eigenvalue weighted by molar-refractivity contribution is -0.142. The number of methoxy groups -OCH3 is 1. The van der Waals surface area contributed by atoms with Gasteiger partial charge in [0.05, 0.1) is 12.7 Å². The van der Waals surface area contributed by atoms with Crippen LogP contribution in [0.5, 0.6) is 5.75 Å². The Morgan fingerprint density at radius 3 is 2.18 bits per heavy atom. The Balaban J connectivity index is 1.74. The fraction of sp³-hybridized carbons (Fsp3) is 0.240. The first-order valence-electron chi connectivity index (χ1n) is 10.4. The molecule has 1 aromatic heterocycles. The molecule has 0 fully saturated rings. The summed E-state index contributed by atoms with van der Waals surface area (Å²) in [6.45, 7) is 5.23. The average molecular weight is 450 g/mol. The molecule has 0 radical (unpaired) electrons. The van der Waals surface area contributed by atoms with Gasteiger partial charge in [-0.2, -0.15) is 0 Å². The van der Waals surface area contributed by atoms with E-state index in [-0.39, 0.29) is 0 Å². The number of hydrogen-bond acceptors (Lipinski definition) is 4. The quantitative estimate of drug-likeness (QED) is 0.489. The number of benzene rings is 2. The minimum absolute atomic E-state index is 0.419. The van der Waals surface area contributed by atoms with E-state index in [1.807, 2.05) is 42.7 Å². The molecule has 3 rings (SSSR count). The molecule has 3 N–H and O–H groups in total. The third-order valence-electron chi connectivity index (χ3n) is 5.41. The zero-order valence-corrected chi connectivity index (χ0v) is 19.0. The predicted octanol–water partition coefficient (Wildman–Crippen LogP) is 3.16. The van der Waals surface area contributed by atoms with Crippen molar-refractivity contribution in [2.75, 3.05) is 7.11 Å². The van der Waals surface area contributed by atoms with Crippen molar-refractivity contribution in [3.8, 4) is 11.4 Å². The summed E-state index contributed by atoms with van der Waals surface area (Å²) in [5, 5.41) is 14.7. The van der Waals surface area contributed by atoms with Crippen LogP contribution >= 0.6 is 0 Å². The summed E-state index contributed by atoms with van der Waals surface area (Å²) in [6, 6.07) is 15.5. The van der Waals surface area contributed by atoms with E-state index < -0.39 is 29.9 Å². The summed E-state index contributed by atoms with van der Waals surface area (Å²) < 4.78 is 7.14. The van der Waals surface area contributed by atoms with Crippen LogP contribution in [0, 0.1) is 13.8 Å². The highest BCUT2D eigenvalue weighted by molar-refractivity contribution is 5.99. The van der Waals surface area contributed by atoms with Gasteiger partial charge in [-0.15, -0.1) is 0 Å². The van der Waals surface area contributed by atoms with Gasteiger partial charge in [-0.3, -0.25) is 9.59 Å². The fourth-order valence-electron chi connectivity index (χ4n) is 3.66. The molecule has 0 aliphatic rings. The van der Waals surface area contributed by atoms with Gasteiger partial charge in [0.15, 0.2) is 6.04 Å². The summed E-state index contributed by atoms with van der Waals surface area (Å²) in [4.78, 5) is 37.2. The lowest BCUT2D eigenvalue weighted by Gasteiger charge is -2.19. The largest absolute Gasteiger partial charge is 0.497 e. The number of nitrogens with one attached hydrogen (secondary N) is 2. The number of aryl methyl sites for hydroxylation is 1. The van der Waals surface area contributed by atoms with Crippen molar-refractivity contribution in [1.82, 2.24) is 15.2 Å². The second-order valence-corrected chi connectivity index (χ2v) is 7.70. The van der Waals surface area contributed by atoms with E-state index in [4.69, 9.17) is 4.74 Å². The lowest BCUT2D eigenvalue weighted by atomic mass is 10.1. The topological polar surface area (TPSA) is 110 Å². The number of carbonyl (C=O) groups is 3. The molecule has 172 valence electrons. The number of ether oxygens (including phenoxy) is 1. The highest BCUT2D eigenvalue weighted by atomic mass is 16.5. The maximum atomic E-state index is 12.9. The summed E-state index contributed by atoms with van der Waals surface area (Å²) >= 11 is 0. The number of carbonyl (C=O) groups excluding carboxylic acids is 2. The maximum absolute atomic E-state index is 12.9. The third-order valence-corrected chi connectivity index (χ3v) is 5.41. The molecule has 33 heavy (non-hydrogen) atoms. The van der Waals surface area contributed by atoms with Crippen LogP contribution in [0.1, 0.15) is 40.3 Å². The molecule has 2 amide bonds. The number of amides is 2. The summed E-state index contributed by atoms with van der Waals surface area (Å²) in [5.74, 6) is -1.47. The first kappa shape index (κ1) is 23.6. The van der Waals surface area contributed by atoms with Crippen LogP contribution < -0.4 is 15.4 Å². The van der Waals surface area contributed by atoms with Crippen molar-refractivity contribution in [1.29, 1.82) is 0 Å². The van der Waals surface area contributed by atoms with E-state index >= 15 is 0 Å². The predicted molar refractivity (Wildman–Crippen MR) is 124 cm³/mol. The van der Waals surface area contributed by atoms with Crippen LogP contribution in [0.15, 0.2) is 60.7 Å². The fourth-order valence-corrected chi connectivity index (χ4v) is 3.66. The maximum Gasteiger partial charge on any atom is 0.330 e. The van der Waals surface area contributed by atoms with Gasteiger partial charge in [0, 0.05) is 17.1 Å². The second kappa shape index (κ2) is 10.0. The first-order valence-corrected chi connectivity index (χ1v) is 10.4. The molecule has 2 aromatic carbocycles. The number of hydrogen-bond donors (Lipinski definition) is 3. The second-order valence-electron chi connectivity index (χ2n) is 7.70. The van der Waals surface area contributed by atoms with Gasteiger partial charge in [0.1, 0.15) is 11.8 Å². The Labute approximate surface area is 192 Å².